The second-order valence-electron chi connectivity index (χ2n) is 3.55. The van der Waals surface area contributed by atoms with E-state index in [1.807, 2.05) is 0 Å². The van der Waals surface area contributed by atoms with Gasteiger partial charge in [0.05, 0.1) is 19.2 Å². The molecule has 1 heterocycles. The third-order valence-corrected chi connectivity index (χ3v) is 2.39. The highest BCUT2D eigenvalue weighted by Crippen LogP contribution is 2.20. The van der Waals surface area contributed by atoms with E-state index in [0.29, 0.717) is 16.5 Å². The van der Waals surface area contributed by atoms with E-state index in [2.05, 4.69) is 4.74 Å². The summed E-state index contributed by atoms with van der Waals surface area (Å²) in [4.78, 5) is 22.5. The molecular formula is C12H10NO4. The smallest absolute Gasteiger partial charge is 0.336 e. The van der Waals surface area contributed by atoms with Crippen LogP contribution in [0.3, 0.4) is 0 Å². The van der Waals surface area contributed by atoms with Crippen LogP contribution in [0.5, 0.6) is 0 Å². The molecule has 1 aromatic carbocycles. The highest BCUT2D eigenvalue weighted by atomic mass is 16.5. The number of ether oxygens (including phenoxy) is 1. The lowest BCUT2D eigenvalue weighted by Crippen LogP contribution is -2.08. The van der Waals surface area contributed by atoms with Gasteiger partial charge in [-0.25, -0.2) is 4.79 Å². The van der Waals surface area contributed by atoms with E-state index < -0.39 is 11.6 Å². The molecule has 0 aliphatic rings. The van der Waals surface area contributed by atoms with Gasteiger partial charge < -0.3 is 14.9 Å². The molecule has 17 heavy (non-hydrogen) atoms. The minimum atomic E-state index is -0.540. The van der Waals surface area contributed by atoms with Crippen molar-refractivity contribution in [1.29, 1.82) is 0 Å². The van der Waals surface area contributed by atoms with Gasteiger partial charge in [0.25, 0.3) is 0 Å². The molecule has 0 spiro atoms. The van der Waals surface area contributed by atoms with E-state index >= 15 is 0 Å². The SMILES string of the molecule is COC(=O)Cc1cc(=O)oc2cc([NH])ccc12. The Morgan fingerprint density at radius 1 is 1.41 bits per heavy atom. The Morgan fingerprint density at radius 3 is 2.88 bits per heavy atom. The lowest BCUT2D eigenvalue weighted by Gasteiger charge is -2.04. The van der Waals surface area contributed by atoms with E-state index in [1.165, 1.54) is 19.2 Å². The van der Waals surface area contributed by atoms with Gasteiger partial charge in [-0.2, -0.15) is 0 Å². The fourth-order valence-electron chi connectivity index (χ4n) is 1.60. The van der Waals surface area contributed by atoms with Crippen LogP contribution in [-0.4, -0.2) is 13.1 Å². The standard InChI is InChI=1S/C12H10NO4/c1-16-11(14)4-7-5-12(15)17-10-6-8(13)2-3-9(7)10/h2-3,5-6,13H,4H2,1H3. The number of benzene rings is 1. The van der Waals surface area contributed by atoms with Gasteiger partial charge in [-0.1, -0.05) is 0 Å². The van der Waals surface area contributed by atoms with Crippen molar-refractivity contribution < 1.29 is 13.9 Å². The van der Waals surface area contributed by atoms with Gasteiger partial charge in [0, 0.05) is 17.5 Å². The van der Waals surface area contributed by atoms with Crippen LogP contribution in [0.4, 0.5) is 5.69 Å². The monoisotopic (exact) mass is 232 g/mol. The van der Waals surface area contributed by atoms with Crippen LogP contribution in [0.25, 0.3) is 11.0 Å². The van der Waals surface area contributed by atoms with E-state index in [4.69, 9.17) is 10.2 Å². The largest absolute Gasteiger partial charge is 0.469 e. The summed E-state index contributed by atoms with van der Waals surface area (Å²) < 4.78 is 9.53. The lowest BCUT2D eigenvalue weighted by molar-refractivity contribution is -0.139. The third kappa shape index (κ3) is 2.28. The van der Waals surface area contributed by atoms with Gasteiger partial charge >= 0.3 is 11.6 Å². The van der Waals surface area contributed by atoms with Crippen molar-refractivity contribution in [2.24, 2.45) is 0 Å². The van der Waals surface area contributed by atoms with E-state index in [1.54, 1.807) is 12.1 Å². The maximum Gasteiger partial charge on any atom is 0.336 e. The molecule has 0 aliphatic heterocycles. The number of hydrogen-bond donors (Lipinski definition) is 0. The summed E-state index contributed by atoms with van der Waals surface area (Å²) in [6.07, 6.45) is 0.00987. The van der Waals surface area contributed by atoms with Crippen LogP contribution in [0, 0.1) is 0 Å². The molecule has 2 rings (SSSR count). The van der Waals surface area contributed by atoms with E-state index in [0.717, 1.165) is 0 Å². The molecule has 1 radical (unpaired) electrons. The van der Waals surface area contributed by atoms with Gasteiger partial charge in [-0.15, -0.1) is 0 Å². The van der Waals surface area contributed by atoms with Crippen LogP contribution in [0.2, 0.25) is 0 Å². The molecule has 0 unspecified atom stereocenters. The highest BCUT2D eigenvalue weighted by molar-refractivity contribution is 5.86. The third-order valence-electron chi connectivity index (χ3n) is 2.39. The Balaban J connectivity index is 2.61. The molecule has 0 fully saturated rings. The minimum absolute atomic E-state index is 0.00987. The van der Waals surface area contributed by atoms with Crippen molar-refractivity contribution in [2.75, 3.05) is 7.11 Å². The quantitative estimate of drug-likeness (QED) is 0.579. The van der Waals surface area contributed by atoms with Crippen molar-refractivity contribution >= 4 is 22.6 Å². The number of carbonyl (C=O) groups excluding carboxylic acids is 1. The Hall–Kier alpha value is -2.30. The van der Waals surface area contributed by atoms with E-state index in [9.17, 15) is 9.59 Å². The number of hydrogen-bond acceptors (Lipinski definition) is 4. The molecule has 5 nitrogen and oxygen atoms in total. The zero-order chi connectivity index (χ0) is 12.4. The molecule has 1 aromatic heterocycles. The Morgan fingerprint density at radius 2 is 2.18 bits per heavy atom. The topological polar surface area (TPSA) is 80.3 Å². The van der Waals surface area contributed by atoms with Gasteiger partial charge in [-0.3, -0.25) is 4.79 Å². The normalized spacial score (nSPS) is 10.4. The molecule has 2 aromatic rings. The highest BCUT2D eigenvalue weighted by Gasteiger charge is 2.10. The van der Waals surface area contributed by atoms with Gasteiger partial charge in [-0.05, 0) is 17.7 Å². The number of nitrogens with one attached hydrogen (secondary N) is 1. The average molecular weight is 232 g/mol. The first-order valence-corrected chi connectivity index (χ1v) is 4.95. The molecular weight excluding hydrogens is 222 g/mol. The number of fused-ring (bicyclic) bond motifs is 1. The summed E-state index contributed by atoms with van der Waals surface area (Å²) in [6.45, 7) is 0. The molecule has 0 atom stereocenters. The van der Waals surface area contributed by atoms with Crippen LogP contribution in [0.1, 0.15) is 5.56 Å². The minimum Gasteiger partial charge on any atom is -0.469 e. The maximum absolute atomic E-state index is 11.3. The Kier molecular flexibility index (Phi) is 2.82. The van der Waals surface area contributed by atoms with Gasteiger partial charge in [0.1, 0.15) is 5.58 Å². The second kappa shape index (κ2) is 4.29. The fraction of sp³-hybridized carbons (Fsp3) is 0.167. The lowest BCUT2D eigenvalue weighted by atomic mass is 10.1. The van der Waals surface area contributed by atoms with Crippen LogP contribution < -0.4 is 11.4 Å². The zero-order valence-corrected chi connectivity index (χ0v) is 9.15. The van der Waals surface area contributed by atoms with Crippen molar-refractivity contribution in [3.8, 4) is 0 Å². The summed E-state index contributed by atoms with van der Waals surface area (Å²) in [5, 5.41) is 0.644. The van der Waals surface area contributed by atoms with Crippen molar-refractivity contribution in [1.82, 2.24) is 5.73 Å². The molecule has 5 heteroatoms. The van der Waals surface area contributed by atoms with Crippen LogP contribution in [0.15, 0.2) is 33.5 Å². The van der Waals surface area contributed by atoms with Crippen molar-refractivity contribution in [2.45, 2.75) is 6.42 Å². The first kappa shape index (κ1) is 11.2. The predicted octanol–water partition coefficient (Wildman–Crippen LogP) is 1.42. The van der Waals surface area contributed by atoms with Crippen molar-refractivity contribution in [3.63, 3.8) is 0 Å². The predicted molar refractivity (Wildman–Crippen MR) is 61.0 cm³/mol. The maximum atomic E-state index is 11.3. The number of methoxy groups -OCH3 is 1. The first-order chi connectivity index (χ1) is 8.10. The van der Waals surface area contributed by atoms with Crippen LogP contribution >= 0.6 is 0 Å². The molecule has 0 saturated heterocycles. The molecule has 1 N–H and O–H groups in total. The Labute approximate surface area is 96.8 Å². The summed E-state index contributed by atoms with van der Waals surface area (Å²) in [7, 11) is 1.29. The first-order valence-electron chi connectivity index (χ1n) is 4.95. The summed E-state index contributed by atoms with van der Waals surface area (Å²) >= 11 is 0. The van der Waals surface area contributed by atoms with E-state index in [-0.39, 0.29) is 12.1 Å². The second-order valence-corrected chi connectivity index (χ2v) is 3.55. The fourth-order valence-corrected chi connectivity index (χ4v) is 1.60. The summed E-state index contributed by atoms with van der Waals surface area (Å²) in [5.41, 5.74) is 8.00. The van der Waals surface area contributed by atoms with Crippen LogP contribution in [-0.2, 0) is 16.0 Å². The van der Waals surface area contributed by atoms with Crippen molar-refractivity contribution in [3.05, 3.63) is 40.2 Å². The molecule has 87 valence electrons. The molecule has 0 amide bonds. The number of rotatable bonds is 2. The van der Waals surface area contributed by atoms with Gasteiger partial charge in [0.15, 0.2) is 0 Å². The number of esters is 1. The summed E-state index contributed by atoms with van der Waals surface area (Å²) in [5.74, 6) is -0.424. The molecule has 0 bridgehead atoms. The Bertz CT molecular complexity index is 630. The number of carbonyl (C=O) groups is 1. The van der Waals surface area contributed by atoms with Gasteiger partial charge in [0.2, 0.25) is 0 Å². The zero-order valence-electron chi connectivity index (χ0n) is 9.15. The summed E-state index contributed by atoms with van der Waals surface area (Å²) in [6, 6.07) is 5.93. The average Bonchev–Trinajstić information content (AvgIpc) is 2.27. The molecule has 0 saturated carbocycles. The molecule has 0 aliphatic carbocycles.